The molecule has 1 N–H and O–H groups in total. The van der Waals surface area contributed by atoms with E-state index in [0.29, 0.717) is 37.2 Å². The van der Waals surface area contributed by atoms with Crippen molar-refractivity contribution in [3.05, 3.63) is 22.2 Å². The Kier molecular flexibility index (Phi) is 9.61. The molecule has 1 heterocycles. The molecule has 0 aliphatic carbocycles. The first-order valence-electron chi connectivity index (χ1n) is 8.62. The predicted octanol–water partition coefficient (Wildman–Crippen LogP) is 3.42. The van der Waals surface area contributed by atoms with Gasteiger partial charge >= 0.3 is 0 Å². The maximum atomic E-state index is 12.6. The van der Waals surface area contributed by atoms with Crippen molar-refractivity contribution < 1.29 is 14.3 Å². The molecular weight excluding hydrogens is 408 g/mol. The third-order valence-corrected chi connectivity index (χ3v) is 5.05. The highest BCUT2D eigenvalue weighted by molar-refractivity contribution is 9.10. The Hall–Kier alpha value is -0.980. The molecule has 7 heteroatoms. The molecule has 0 aromatic heterocycles. The van der Waals surface area contributed by atoms with Gasteiger partial charge in [0.15, 0.2) is 11.5 Å². The lowest BCUT2D eigenvalue weighted by Crippen LogP contribution is -2.44. The van der Waals surface area contributed by atoms with E-state index in [4.69, 9.17) is 9.47 Å². The largest absolute Gasteiger partial charge is 0.490 e. The zero-order chi connectivity index (χ0) is 17.5. The first-order valence-corrected chi connectivity index (χ1v) is 9.41. The van der Waals surface area contributed by atoms with Crippen LogP contribution < -0.4 is 14.8 Å². The van der Waals surface area contributed by atoms with E-state index in [9.17, 15) is 4.79 Å². The minimum Gasteiger partial charge on any atom is -0.490 e. The van der Waals surface area contributed by atoms with Gasteiger partial charge in [0.05, 0.1) is 19.6 Å². The van der Waals surface area contributed by atoms with Crippen LogP contribution >= 0.6 is 28.3 Å². The Morgan fingerprint density at radius 1 is 1.20 bits per heavy atom. The molecule has 1 aliphatic rings. The van der Waals surface area contributed by atoms with Gasteiger partial charge in [-0.05, 0) is 51.4 Å². The molecule has 0 radical (unpaired) electrons. The molecule has 5 nitrogen and oxygen atoms in total. The molecular formula is C18H28BrClN2O3. The van der Waals surface area contributed by atoms with Crippen LogP contribution in [0.4, 0.5) is 0 Å². The molecule has 142 valence electrons. The van der Waals surface area contributed by atoms with E-state index in [0.717, 1.165) is 36.0 Å². The van der Waals surface area contributed by atoms with Crippen molar-refractivity contribution >= 4 is 34.2 Å². The first kappa shape index (κ1) is 22.1. The number of rotatable bonds is 7. The van der Waals surface area contributed by atoms with Crippen LogP contribution in [0.25, 0.3) is 0 Å². The Morgan fingerprint density at radius 3 is 2.28 bits per heavy atom. The highest BCUT2D eigenvalue weighted by Crippen LogP contribution is 2.34. The number of carbonyl (C=O) groups is 1. The molecule has 0 atom stereocenters. The highest BCUT2D eigenvalue weighted by Gasteiger charge is 2.23. The second-order valence-electron chi connectivity index (χ2n) is 5.88. The van der Waals surface area contributed by atoms with Gasteiger partial charge < -0.3 is 19.7 Å². The van der Waals surface area contributed by atoms with Crippen LogP contribution in [-0.4, -0.2) is 50.2 Å². The second kappa shape index (κ2) is 10.9. The fourth-order valence-electron chi connectivity index (χ4n) is 2.94. The Labute approximate surface area is 165 Å². The number of ether oxygens (including phenoxy) is 2. The average Bonchev–Trinajstić information content (AvgIpc) is 2.59. The number of hydrogen-bond donors (Lipinski definition) is 1. The monoisotopic (exact) mass is 434 g/mol. The van der Waals surface area contributed by atoms with Crippen LogP contribution in [0.15, 0.2) is 16.6 Å². The number of hydrogen-bond acceptors (Lipinski definition) is 4. The Morgan fingerprint density at radius 2 is 1.76 bits per heavy atom. The number of carbonyl (C=O) groups excluding carboxylic acids is 1. The van der Waals surface area contributed by atoms with Crippen molar-refractivity contribution in [1.82, 2.24) is 10.2 Å². The topological polar surface area (TPSA) is 50.8 Å². The summed E-state index contributed by atoms with van der Waals surface area (Å²) >= 11 is 3.56. The molecule has 0 bridgehead atoms. The molecule has 1 aromatic rings. The van der Waals surface area contributed by atoms with Crippen LogP contribution in [0.5, 0.6) is 11.5 Å². The number of piperidine rings is 1. The second-order valence-corrected chi connectivity index (χ2v) is 6.73. The fourth-order valence-corrected chi connectivity index (χ4v) is 3.40. The zero-order valence-electron chi connectivity index (χ0n) is 15.1. The summed E-state index contributed by atoms with van der Waals surface area (Å²) in [5, 5.41) is 3.29. The minimum atomic E-state index is 0. The fraction of sp³-hybridized carbons (Fsp3) is 0.611. The maximum absolute atomic E-state index is 12.6. The van der Waals surface area contributed by atoms with Crippen molar-refractivity contribution in [2.75, 3.05) is 33.4 Å². The highest BCUT2D eigenvalue weighted by atomic mass is 79.9. The van der Waals surface area contributed by atoms with E-state index in [1.807, 2.05) is 37.9 Å². The van der Waals surface area contributed by atoms with Gasteiger partial charge in [-0.3, -0.25) is 4.79 Å². The van der Waals surface area contributed by atoms with Gasteiger partial charge in [0.25, 0.3) is 0 Å². The number of nitrogens with zero attached hydrogens (tertiary/aromatic N) is 1. The van der Waals surface area contributed by atoms with Crippen molar-refractivity contribution in [3.8, 4) is 11.5 Å². The van der Waals surface area contributed by atoms with E-state index in [2.05, 4.69) is 21.2 Å². The summed E-state index contributed by atoms with van der Waals surface area (Å²) in [4.78, 5) is 14.6. The van der Waals surface area contributed by atoms with Crippen LogP contribution in [0.2, 0.25) is 0 Å². The van der Waals surface area contributed by atoms with E-state index >= 15 is 0 Å². The normalized spacial score (nSPS) is 14.8. The van der Waals surface area contributed by atoms with Crippen molar-refractivity contribution in [2.24, 2.45) is 0 Å². The van der Waals surface area contributed by atoms with Gasteiger partial charge in [0.1, 0.15) is 0 Å². The van der Waals surface area contributed by atoms with Crippen LogP contribution in [0, 0.1) is 0 Å². The maximum Gasteiger partial charge on any atom is 0.227 e. The lowest BCUT2D eigenvalue weighted by atomic mass is 10.0. The number of amides is 1. The van der Waals surface area contributed by atoms with Crippen LogP contribution in [-0.2, 0) is 11.2 Å². The van der Waals surface area contributed by atoms with Gasteiger partial charge in [-0.25, -0.2) is 0 Å². The Balaban J connectivity index is 0.00000312. The zero-order valence-corrected chi connectivity index (χ0v) is 17.5. The van der Waals surface area contributed by atoms with E-state index in [-0.39, 0.29) is 18.3 Å². The molecule has 1 aliphatic heterocycles. The number of nitrogens with one attached hydrogen (secondary N) is 1. The van der Waals surface area contributed by atoms with E-state index in [1.54, 1.807) is 0 Å². The average molecular weight is 436 g/mol. The molecule has 0 saturated carbocycles. The summed E-state index contributed by atoms with van der Waals surface area (Å²) in [6, 6.07) is 4.33. The summed E-state index contributed by atoms with van der Waals surface area (Å²) in [6.07, 6.45) is 2.39. The Bertz CT molecular complexity index is 563. The van der Waals surface area contributed by atoms with Crippen molar-refractivity contribution in [2.45, 2.75) is 39.2 Å². The molecule has 2 rings (SSSR count). The standard InChI is InChI=1S/C18H27BrN2O3.ClH/c1-4-23-16-10-13(15(19)12-17(16)24-5-2)11-18(22)21-8-6-14(20-3)7-9-21;/h10,12,14,20H,4-9,11H2,1-3H3;1H. The van der Waals surface area contributed by atoms with Gasteiger partial charge in [-0.15, -0.1) is 12.4 Å². The minimum absolute atomic E-state index is 0. The van der Waals surface area contributed by atoms with Crippen molar-refractivity contribution in [3.63, 3.8) is 0 Å². The summed E-state index contributed by atoms with van der Waals surface area (Å²) in [7, 11) is 1.98. The third kappa shape index (κ3) is 6.04. The summed E-state index contributed by atoms with van der Waals surface area (Å²) in [5.41, 5.74) is 0.933. The lowest BCUT2D eigenvalue weighted by molar-refractivity contribution is -0.131. The van der Waals surface area contributed by atoms with Gasteiger partial charge in [-0.1, -0.05) is 15.9 Å². The van der Waals surface area contributed by atoms with E-state index < -0.39 is 0 Å². The molecule has 0 spiro atoms. The lowest BCUT2D eigenvalue weighted by Gasteiger charge is -2.32. The smallest absolute Gasteiger partial charge is 0.227 e. The van der Waals surface area contributed by atoms with Crippen LogP contribution in [0.3, 0.4) is 0 Å². The quantitative estimate of drug-likeness (QED) is 0.713. The van der Waals surface area contributed by atoms with Crippen molar-refractivity contribution in [1.29, 1.82) is 0 Å². The number of likely N-dealkylation sites (tertiary alicyclic amines) is 1. The van der Waals surface area contributed by atoms with Crippen LogP contribution in [0.1, 0.15) is 32.3 Å². The molecule has 0 unspecified atom stereocenters. The third-order valence-electron chi connectivity index (χ3n) is 4.31. The van der Waals surface area contributed by atoms with Gasteiger partial charge in [0, 0.05) is 23.6 Å². The predicted molar refractivity (Wildman–Crippen MR) is 106 cm³/mol. The van der Waals surface area contributed by atoms with Gasteiger partial charge in [-0.2, -0.15) is 0 Å². The summed E-state index contributed by atoms with van der Waals surface area (Å²) < 4.78 is 12.2. The summed E-state index contributed by atoms with van der Waals surface area (Å²) in [6.45, 7) is 6.65. The molecule has 1 aromatic carbocycles. The first-order chi connectivity index (χ1) is 11.6. The van der Waals surface area contributed by atoms with E-state index in [1.165, 1.54) is 0 Å². The molecule has 1 fully saturated rings. The number of benzene rings is 1. The molecule has 1 amide bonds. The molecule has 1 saturated heterocycles. The summed E-state index contributed by atoms with van der Waals surface area (Å²) in [5.74, 6) is 1.56. The number of halogens is 2. The SMILES string of the molecule is CCOc1cc(Br)c(CC(=O)N2CCC(NC)CC2)cc1OCC.Cl. The molecule has 25 heavy (non-hydrogen) atoms. The van der Waals surface area contributed by atoms with Gasteiger partial charge in [0.2, 0.25) is 5.91 Å².